The molecule has 2 aliphatic heterocycles. The Morgan fingerprint density at radius 3 is 2.16 bits per heavy atom. The number of likely N-dealkylation sites (tertiary alicyclic amines) is 1. The number of rotatable bonds is 2. The second kappa shape index (κ2) is 5.34. The number of piperidine rings is 1. The SMILES string of the molecule is CC(C1COC(C)(C)O1)N1CCC(C(C)(C)C)CC1. The highest BCUT2D eigenvalue weighted by molar-refractivity contribution is 4.87. The zero-order valence-electron chi connectivity index (χ0n) is 13.5. The molecule has 3 nitrogen and oxygen atoms in total. The highest BCUT2D eigenvalue weighted by atomic mass is 16.7. The molecule has 0 spiro atoms. The van der Waals surface area contributed by atoms with Gasteiger partial charge in [-0.25, -0.2) is 0 Å². The third-order valence-electron chi connectivity index (χ3n) is 4.90. The van der Waals surface area contributed by atoms with Crippen LogP contribution in [0.1, 0.15) is 54.4 Å². The highest BCUT2D eigenvalue weighted by Gasteiger charge is 2.39. The molecule has 0 aliphatic carbocycles. The first-order valence-electron chi connectivity index (χ1n) is 7.75. The van der Waals surface area contributed by atoms with Gasteiger partial charge in [-0.1, -0.05) is 20.8 Å². The van der Waals surface area contributed by atoms with E-state index in [2.05, 4.69) is 32.6 Å². The summed E-state index contributed by atoms with van der Waals surface area (Å²) in [4.78, 5) is 2.58. The molecule has 112 valence electrons. The van der Waals surface area contributed by atoms with Gasteiger partial charge in [0.25, 0.3) is 0 Å². The van der Waals surface area contributed by atoms with Crippen LogP contribution in [0, 0.1) is 11.3 Å². The predicted molar refractivity (Wildman–Crippen MR) is 78.1 cm³/mol. The Hall–Kier alpha value is -0.120. The Morgan fingerprint density at radius 1 is 1.16 bits per heavy atom. The van der Waals surface area contributed by atoms with Gasteiger partial charge in [0.15, 0.2) is 5.79 Å². The van der Waals surface area contributed by atoms with Gasteiger partial charge in [0.05, 0.1) is 12.7 Å². The first kappa shape index (κ1) is 15.3. The van der Waals surface area contributed by atoms with Crippen molar-refractivity contribution in [2.75, 3.05) is 19.7 Å². The van der Waals surface area contributed by atoms with E-state index in [1.54, 1.807) is 0 Å². The van der Waals surface area contributed by atoms with Crippen molar-refractivity contribution < 1.29 is 9.47 Å². The molecule has 2 rings (SSSR count). The van der Waals surface area contributed by atoms with E-state index in [0.29, 0.717) is 11.5 Å². The largest absolute Gasteiger partial charge is 0.348 e. The minimum atomic E-state index is -0.400. The van der Waals surface area contributed by atoms with Crippen LogP contribution in [0.3, 0.4) is 0 Å². The molecular formula is C16H31NO2. The van der Waals surface area contributed by atoms with Crippen molar-refractivity contribution in [3.63, 3.8) is 0 Å². The van der Waals surface area contributed by atoms with Crippen molar-refractivity contribution in [2.45, 2.75) is 72.3 Å². The summed E-state index contributed by atoms with van der Waals surface area (Å²) in [7, 11) is 0. The van der Waals surface area contributed by atoms with E-state index in [0.717, 1.165) is 12.5 Å². The number of hydrogen-bond acceptors (Lipinski definition) is 3. The minimum Gasteiger partial charge on any atom is -0.348 e. The zero-order valence-corrected chi connectivity index (χ0v) is 13.5. The van der Waals surface area contributed by atoms with Gasteiger partial charge in [-0.05, 0) is 58.0 Å². The maximum absolute atomic E-state index is 5.99. The van der Waals surface area contributed by atoms with E-state index in [-0.39, 0.29) is 6.10 Å². The van der Waals surface area contributed by atoms with Crippen LogP contribution in [0.25, 0.3) is 0 Å². The van der Waals surface area contributed by atoms with Crippen molar-refractivity contribution in [2.24, 2.45) is 11.3 Å². The first-order chi connectivity index (χ1) is 8.69. The van der Waals surface area contributed by atoms with Crippen molar-refractivity contribution >= 4 is 0 Å². The quantitative estimate of drug-likeness (QED) is 0.768. The van der Waals surface area contributed by atoms with Crippen molar-refractivity contribution in [3.05, 3.63) is 0 Å². The Kier molecular flexibility index (Phi) is 4.29. The molecule has 0 saturated carbocycles. The fourth-order valence-corrected chi connectivity index (χ4v) is 3.36. The Labute approximate surface area is 118 Å². The molecule has 2 saturated heterocycles. The molecule has 2 unspecified atom stereocenters. The van der Waals surface area contributed by atoms with E-state index < -0.39 is 5.79 Å². The lowest BCUT2D eigenvalue weighted by molar-refractivity contribution is -0.146. The summed E-state index contributed by atoms with van der Waals surface area (Å²) >= 11 is 0. The van der Waals surface area contributed by atoms with Crippen LogP contribution < -0.4 is 0 Å². The first-order valence-corrected chi connectivity index (χ1v) is 7.75. The summed E-state index contributed by atoms with van der Waals surface area (Å²) in [6.45, 7) is 16.5. The normalized spacial score (nSPS) is 31.6. The molecule has 0 aromatic carbocycles. The van der Waals surface area contributed by atoms with Crippen molar-refractivity contribution in [1.82, 2.24) is 4.90 Å². The molecule has 0 N–H and O–H groups in total. The lowest BCUT2D eigenvalue weighted by Gasteiger charge is -2.42. The minimum absolute atomic E-state index is 0.223. The summed E-state index contributed by atoms with van der Waals surface area (Å²) in [6.07, 6.45) is 2.84. The molecule has 0 bridgehead atoms. The summed E-state index contributed by atoms with van der Waals surface area (Å²) in [6, 6.07) is 0.461. The number of hydrogen-bond donors (Lipinski definition) is 0. The van der Waals surface area contributed by atoms with Gasteiger partial charge in [-0.3, -0.25) is 4.90 Å². The van der Waals surface area contributed by atoms with E-state index in [1.807, 2.05) is 13.8 Å². The van der Waals surface area contributed by atoms with Crippen LogP contribution in [0.4, 0.5) is 0 Å². The topological polar surface area (TPSA) is 21.7 Å². The van der Waals surface area contributed by atoms with Crippen LogP contribution in [0.15, 0.2) is 0 Å². The molecule has 2 heterocycles. The van der Waals surface area contributed by atoms with Gasteiger partial charge in [0, 0.05) is 6.04 Å². The Morgan fingerprint density at radius 2 is 1.74 bits per heavy atom. The average Bonchev–Trinajstić information content (AvgIpc) is 2.68. The van der Waals surface area contributed by atoms with E-state index in [4.69, 9.17) is 9.47 Å². The lowest BCUT2D eigenvalue weighted by Crippen LogP contribution is -2.48. The van der Waals surface area contributed by atoms with Crippen molar-refractivity contribution in [1.29, 1.82) is 0 Å². The molecular weight excluding hydrogens is 238 g/mol. The molecule has 19 heavy (non-hydrogen) atoms. The second-order valence-electron chi connectivity index (χ2n) is 7.78. The van der Waals surface area contributed by atoms with Crippen LogP contribution >= 0.6 is 0 Å². The standard InChI is InChI=1S/C16H31NO2/c1-12(14-11-18-16(5,6)19-14)17-9-7-13(8-10-17)15(2,3)4/h12-14H,7-11H2,1-6H3. The second-order valence-corrected chi connectivity index (χ2v) is 7.78. The van der Waals surface area contributed by atoms with Gasteiger partial charge in [0.2, 0.25) is 0 Å². The van der Waals surface area contributed by atoms with Crippen LogP contribution in [-0.2, 0) is 9.47 Å². The third-order valence-corrected chi connectivity index (χ3v) is 4.90. The van der Waals surface area contributed by atoms with Gasteiger partial charge in [-0.2, -0.15) is 0 Å². The van der Waals surface area contributed by atoms with Gasteiger partial charge in [-0.15, -0.1) is 0 Å². The Balaban J connectivity index is 1.85. The van der Waals surface area contributed by atoms with E-state index in [1.165, 1.54) is 25.9 Å². The molecule has 0 aromatic rings. The molecule has 2 aliphatic rings. The molecule has 2 fully saturated rings. The maximum Gasteiger partial charge on any atom is 0.163 e. The van der Waals surface area contributed by atoms with Crippen LogP contribution in [-0.4, -0.2) is 42.5 Å². The number of ether oxygens (including phenoxy) is 2. The van der Waals surface area contributed by atoms with E-state index in [9.17, 15) is 0 Å². The molecule has 0 amide bonds. The van der Waals surface area contributed by atoms with Crippen molar-refractivity contribution in [3.8, 4) is 0 Å². The van der Waals surface area contributed by atoms with Crippen LogP contribution in [0.5, 0.6) is 0 Å². The highest BCUT2D eigenvalue weighted by Crippen LogP contribution is 2.35. The third kappa shape index (κ3) is 3.71. The fourth-order valence-electron chi connectivity index (χ4n) is 3.36. The predicted octanol–water partition coefficient (Wildman–Crippen LogP) is 3.28. The van der Waals surface area contributed by atoms with E-state index >= 15 is 0 Å². The van der Waals surface area contributed by atoms with Gasteiger partial charge in [0.1, 0.15) is 0 Å². The maximum atomic E-state index is 5.99. The summed E-state index contributed by atoms with van der Waals surface area (Å²) in [5.74, 6) is 0.455. The van der Waals surface area contributed by atoms with Crippen LogP contribution in [0.2, 0.25) is 0 Å². The fraction of sp³-hybridized carbons (Fsp3) is 1.00. The lowest BCUT2D eigenvalue weighted by atomic mass is 9.75. The average molecular weight is 269 g/mol. The summed E-state index contributed by atoms with van der Waals surface area (Å²) in [5, 5.41) is 0. The Bertz CT molecular complexity index is 300. The number of nitrogens with zero attached hydrogens (tertiary/aromatic N) is 1. The molecule has 0 radical (unpaired) electrons. The zero-order chi connectivity index (χ0) is 14.3. The monoisotopic (exact) mass is 269 g/mol. The summed E-state index contributed by atoms with van der Waals surface area (Å²) in [5.41, 5.74) is 0.449. The molecule has 2 atom stereocenters. The van der Waals surface area contributed by atoms with Gasteiger partial charge < -0.3 is 9.47 Å². The molecule has 3 heteroatoms. The smallest absolute Gasteiger partial charge is 0.163 e. The summed E-state index contributed by atoms with van der Waals surface area (Å²) < 4.78 is 11.7. The molecule has 0 aromatic heterocycles. The van der Waals surface area contributed by atoms with Gasteiger partial charge >= 0.3 is 0 Å².